The van der Waals surface area contributed by atoms with Gasteiger partial charge in [-0.3, -0.25) is 0 Å². The topological polar surface area (TPSA) is 294 Å². The molecule has 112 valence electrons. The first kappa shape index (κ1) is 43.5. The van der Waals surface area contributed by atoms with Crippen molar-refractivity contribution in [1.82, 2.24) is 0 Å². The Morgan fingerprint density at radius 1 is 0.524 bits per heavy atom. The van der Waals surface area contributed by atoms with E-state index in [1.807, 2.05) is 0 Å². The van der Waals surface area contributed by atoms with Gasteiger partial charge >= 0.3 is 73.1 Å². The predicted octanol–water partition coefficient (Wildman–Crippen LogP) is -9.76. The summed E-state index contributed by atoms with van der Waals surface area (Å²) >= 11 is 0. The molecule has 0 saturated heterocycles. The molecular formula is H6B2O14P2Zn3. The molecule has 0 radical (unpaired) electrons. The number of rotatable bonds is 0. The smallest absolute Gasteiger partial charge is 0.822 e. The fourth-order valence-corrected chi connectivity index (χ4v) is 0. The predicted molar refractivity (Wildman–Crippen MR) is 40.0 cm³/mol. The fraction of sp³-hybridized carbons (Fsp3) is 0. The molecule has 6 N–H and O–H groups in total. The summed E-state index contributed by atoms with van der Waals surface area (Å²) in [4.78, 5) is 51.3. The molecule has 0 spiro atoms. The number of hydrogen-bond acceptors (Lipinski definition) is 14. The van der Waals surface area contributed by atoms with Gasteiger partial charge < -0.3 is 68.6 Å². The van der Waals surface area contributed by atoms with E-state index in [0.717, 1.165) is 0 Å². The number of phosphoric acid groups is 2. The molecule has 21 heteroatoms. The summed E-state index contributed by atoms with van der Waals surface area (Å²) in [7, 11) is -15.1. The third kappa shape index (κ3) is 2240. The van der Waals surface area contributed by atoms with Crippen molar-refractivity contribution < 1.29 is 127 Å². The SMILES string of the molecule is O=P([O-])([O-])[O-].O=P([O-])([O-])[O-].OB(O)O.OB(O)O.[Zn+2].[Zn+2].[Zn+2]. The van der Waals surface area contributed by atoms with Crippen molar-refractivity contribution in [3.63, 3.8) is 0 Å². The van der Waals surface area contributed by atoms with Crippen LogP contribution in [-0.2, 0) is 67.6 Å². The molecular weight excluding hydrogens is 504 g/mol. The van der Waals surface area contributed by atoms with Gasteiger partial charge in [-0.05, 0) is 0 Å². The van der Waals surface area contributed by atoms with Crippen molar-refractivity contribution in [3.8, 4) is 0 Å². The van der Waals surface area contributed by atoms with E-state index in [1.54, 1.807) is 0 Å². The Kier molecular flexibility index (Phi) is 50.2. The van der Waals surface area contributed by atoms with Crippen LogP contribution in [0.1, 0.15) is 0 Å². The molecule has 0 saturated carbocycles. The molecule has 0 rings (SSSR count). The molecule has 0 amide bonds. The van der Waals surface area contributed by atoms with Crippen LogP contribution in [0, 0.1) is 0 Å². The maximum Gasteiger partial charge on any atom is 2.00 e. The monoisotopic (exact) mass is 506 g/mol. The molecule has 14 nitrogen and oxygen atoms in total. The van der Waals surface area contributed by atoms with E-state index in [2.05, 4.69) is 0 Å². The van der Waals surface area contributed by atoms with Crippen molar-refractivity contribution >= 4 is 30.3 Å². The van der Waals surface area contributed by atoms with Crippen LogP contribution in [0.15, 0.2) is 0 Å². The molecule has 0 aliphatic carbocycles. The Labute approximate surface area is 157 Å². The molecule has 0 aromatic carbocycles. The molecule has 0 heterocycles. The van der Waals surface area contributed by atoms with Crippen LogP contribution in [0.3, 0.4) is 0 Å². The average molecular weight is 510 g/mol. The average Bonchev–Trinajstić information content (AvgIpc) is 1.70. The van der Waals surface area contributed by atoms with E-state index < -0.39 is 30.3 Å². The Bertz CT molecular complexity index is 199. The maximum atomic E-state index is 8.55. The molecule has 0 aromatic rings. The van der Waals surface area contributed by atoms with Crippen LogP contribution in [0.5, 0.6) is 0 Å². The van der Waals surface area contributed by atoms with Crippen molar-refractivity contribution in [2.45, 2.75) is 0 Å². The molecule has 0 bridgehead atoms. The first-order chi connectivity index (χ1) is 7.46. The van der Waals surface area contributed by atoms with Crippen molar-refractivity contribution in [3.05, 3.63) is 0 Å². The van der Waals surface area contributed by atoms with Crippen LogP contribution in [0.4, 0.5) is 0 Å². The molecule has 0 atom stereocenters. The van der Waals surface area contributed by atoms with Crippen LogP contribution < -0.4 is 29.4 Å². The third-order valence-electron chi connectivity index (χ3n) is 0. The first-order valence-electron chi connectivity index (χ1n) is 3.01. The van der Waals surface area contributed by atoms with Crippen molar-refractivity contribution in [1.29, 1.82) is 0 Å². The van der Waals surface area contributed by atoms with Gasteiger partial charge in [0.2, 0.25) is 0 Å². The van der Waals surface area contributed by atoms with E-state index in [-0.39, 0.29) is 58.4 Å². The van der Waals surface area contributed by atoms with Crippen molar-refractivity contribution in [2.24, 2.45) is 0 Å². The van der Waals surface area contributed by atoms with E-state index >= 15 is 0 Å². The van der Waals surface area contributed by atoms with Gasteiger partial charge in [0, 0.05) is 0 Å². The standard InChI is InChI=1S/2BH3O3.2H3O4P.3Zn/c2*2-1(3)4;2*1-5(2,3)4;;;/h2*2-4H;2*(H3,1,2,3,4);;;/q;;;;3*+2/p-6. The molecule has 0 aromatic heterocycles. The summed E-state index contributed by atoms with van der Waals surface area (Å²) in [6.07, 6.45) is 0. The summed E-state index contributed by atoms with van der Waals surface area (Å²) in [6, 6.07) is 0. The Balaban J connectivity index is -0.0000000239. The summed E-state index contributed by atoms with van der Waals surface area (Å²) in [5.74, 6) is 0. The Morgan fingerprint density at radius 2 is 0.524 bits per heavy atom. The van der Waals surface area contributed by atoms with Gasteiger partial charge in [0.05, 0.1) is 0 Å². The van der Waals surface area contributed by atoms with Crippen molar-refractivity contribution in [2.75, 3.05) is 0 Å². The zero-order valence-electron chi connectivity index (χ0n) is 10.1. The molecule has 0 unspecified atom stereocenters. The van der Waals surface area contributed by atoms with E-state index in [4.69, 9.17) is 68.6 Å². The van der Waals surface area contributed by atoms with Gasteiger partial charge in [-0.1, -0.05) is 0 Å². The second-order valence-electron chi connectivity index (χ2n) is 1.59. The van der Waals surface area contributed by atoms with Crippen LogP contribution in [0.2, 0.25) is 0 Å². The summed E-state index contributed by atoms with van der Waals surface area (Å²) in [6.45, 7) is 0. The molecule has 0 aliphatic heterocycles. The minimum absolute atomic E-state index is 0. The van der Waals surface area contributed by atoms with Gasteiger partial charge in [0.15, 0.2) is 0 Å². The van der Waals surface area contributed by atoms with Gasteiger partial charge in [0.1, 0.15) is 0 Å². The Hall–Kier alpha value is 1.98. The van der Waals surface area contributed by atoms with Crippen LogP contribution in [0.25, 0.3) is 0 Å². The quantitative estimate of drug-likeness (QED) is 0.130. The third-order valence-corrected chi connectivity index (χ3v) is 0. The molecule has 0 fully saturated rings. The van der Waals surface area contributed by atoms with Crippen LogP contribution in [-0.4, -0.2) is 44.8 Å². The summed E-state index contributed by atoms with van der Waals surface area (Å²) in [5.41, 5.74) is 0. The second kappa shape index (κ2) is 24.2. The van der Waals surface area contributed by atoms with Gasteiger partial charge in [-0.15, -0.1) is 0 Å². The molecule has 21 heavy (non-hydrogen) atoms. The zero-order valence-corrected chi connectivity index (χ0v) is 20.8. The van der Waals surface area contributed by atoms with E-state index in [0.29, 0.717) is 0 Å². The number of hydrogen-bond donors (Lipinski definition) is 6. The maximum absolute atomic E-state index is 8.55. The fourth-order valence-electron chi connectivity index (χ4n) is 0. The largest absolute Gasteiger partial charge is 2.00 e. The van der Waals surface area contributed by atoms with E-state index in [1.165, 1.54) is 0 Å². The van der Waals surface area contributed by atoms with E-state index in [9.17, 15) is 0 Å². The zero-order chi connectivity index (χ0) is 16.2. The summed E-state index contributed by atoms with van der Waals surface area (Å²) < 4.78 is 17.1. The van der Waals surface area contributed by atoms with Gasteiger partial charge in [-0.25, -0.2) is 0 Å². The van der Waals surface area contributed by atoms with Crippen LogP contribution >= 0.6 is 15.6 Å². The first-order valence-corrected chi connectivity index (χ1v) is 5.93. The minimum Gasteiger partial charge on any atom is -0.822 e. The van der Waals surface area contributed by atoms with Gasteiger partial charge in [0.25, 0.3) is 0 Å². The molecule has 0 aliphatic rings. The summed E-state index contributed by atoms with van der Waals surface area (Å²) in [5, 5.41) is 43.0. The van der Waals surface area contributed by atoms with Gasteiger partial charge in [-0.2, -0.15) is 15.6 Å². The minimum atomic E-state index is -5.39. The Morgan fingerprint density at radius 3 is 0.524 bits per heavy atom. The normalized spacial score (nSPS) is 8.19. The second-order valence-corrected chi connectivity index (χ2v) is 3.38.